The van der Waals surface area contributed by atoms with Crippen LogP contribution in [0, 0.1) is 0 Å². The van der Waals surface area contributed by atoms with E-state index in [1.807, 2.05) is 78.2 Å². The van der Waals surface area contributed by atoms with Gasteiger partial charge in [-0.15, -0.1) is 11.8 Å². The summed E-state index contributed by atoms with van der Waals surface area (Å²) in [5.74, 6) is 2.27. The number of ether oxygens (including phenoxy) is 1. The third kappa shape index (κ3) is 6.47. The summed E-state index contributed by atoms with van der Waals surface area (Å²) in [4.78, 5) is 1.08. The molecular weight excluding hydrogens is 358 g/mol. The molecule has 0 heterocycles. The first-order valence-electron chi connectivity index (χ1n) is 8.25. The molecule has 3 aromatic rings. The number of benzene rings is 3. The quantitative estimate of drug-likeness (QED) is 0.262. The van der Waals surface area contributed by atoms with Crippen molar-refractivity contribution < 1.29 is 4.74 Å². The van der Waals surface area contributed by atoms with Crippen molar-refractivity contribution in [2.24, 2.45) is 4.40 Å². The summed E-state index contributed by atoms with van der Waals surface area (Å²) in [5, 5.41) is 2.03. The van der Waals surface area contributed by atoms with Crippen LogP contribution >= 0.6 is 23.7 Å². The summed E-state index contributed by atoms with van der Waals surface area (Å²) in [7, 11) is 0. The van der Waals surface area contributed by atoms with Gasteiger partial charge in [-0.2, -0.15) is 4.40 Å². The zero-order chi connectivity index (χ0) is 17.9. The lowest BCUT2D eigenvalue weighted by atomic mass is 10.2. The van der Waals surface area contributed by atoms with Crippen LogP contribution in [0.5, 0.6) is 5.75 Å². The zero-order valence-corrected chi connectivity index (χ0v) is 15.8. The Morgan fingerprint density at radius 2 is 1.42 bits per heavy atom. The second-order valence-electron chi connectivity index (χ2n) is 5.35. The minimum absolute atomic E-state index is 0.575. The molecule has 0 unspecified atom stereocenters. The number of rotatable bonds is 7. The molecule has 0 aliphatic carbocycles. The summed E-state index contributed by atoms with van der Waals surface area (Å²) >= 11 is 3.12. The lowest BCUT2D eigenvalue weighted by Crippen LogP contribution is -2.03. The summed E-state index contributed by atoms with van der Waals surface area (Å²) < 4.78 is 10.5. The zero-order valence-electron chi connectivity index (χ0n) is 14.2. The monoisotopic (exact) mass is 377 g/mol. The van der Waals surface area contributed by atoms with Gasteiger partial charge >= 0.3 is 0 Å². The first-order valence-corrected chi connectivity index (χ1v) is 10.1. The van der Waals surface area contributed by atoms with E-state index < -0.39 is 0 Å². The molecule has 0 N–H and O–H groups in total. The predicted molar refractivity (Wildman–Crippen MR) is 114 cm³/mol. The van der Waals surface area contributed by atoms with Crippen molar-refractivity contribution in [3.63, 3.8) is 0 Å². The van der Waals surface area contributed by atoms with Gasteiger partial charge in [-0.3, -0.25) is 0 Å². The van der Waals surface area contributed by atoms with E-state index in [0.717, 1.165) is 16.4 Å². The fraction of sp³-hybridized carbons (Fsp3) is 0.0455. The van der Waals surface area contributed by atoms with Crippen LogP contribution in [0.15, 0.2) is 112 Å². The molecule has 2 nitrogen and oxygen atoms in total. The van der Waals surface area contributed by atoms with E-state index in [4.69, 9.17) is 4.74 Å². The van der Waals surface area contributed by atoms with Crippen molar-refractivity contribution in [2.75, 3.05) is 0 Å². The molecule has 0 saturated heterocycles. The summed E-state index contributed by atoms with van der Waals surface area (Å²) in [5.41, 5.74) is 1.29. The highest BCUT2D eigenvalue weighted by Crippen LogP contribution is 2.20. The van der Waals surface area contributed by atoms with Gasteiger partial charge in [0.15, 0.2) is 0 Å². The second-order valence-corrected chi connectivity index (χ2v) is 7.08. The van der Waals surface area contributed by atoms with E-state index in [-0.39, 0.29) is 0 Å². The Morgan fingerprint density at radius 1 is 0.808 bits per heavy atom. The number of hydrogen-bond acceptors (Lipinski definition) is 4. The summed E-state index contributed by atoms with van der Waals surface area (Å²) in [6.45, 7) is 0. The van der Waals surface area contributed by atoms with Crippen molar-refractivity contribution in [3.05, 3.63) is 108 Å². The van der Waals surface area contributed by atoms with Crippen LogP contribution < -0.4 is 4.74 Å². The maximum atomic E-state index is 5.92. The topological polar surface area (TPSA) is 21.6 Å². The summed E-state index contributed by atoms with van der Waals surface area (Å²) in [6, 6.07) is 30.2. The molecule has 0 fully saturated rings. The van der Waals surface area contributed by atoms with Crippen molar-refractivity contribution in [1.82, 2.24) is 0 Å². The maximum absolute atomic E-state index is 5.92. The molecule has 0 bridgehead atoms. The van der Waals surface area contributed by atoms with Crippen LogP contribution in [0.25, 0.3) is 0 Å². The Kier molecular flexibility index (Phi) is 7.44. The van der Waals surface area contributed by atoms with Gasteiger partial charge in [0, 0.05) is 28.7 Å². The van der Waals surface area contributed by atoms with Gasteiger partial charge in [-0.1, -0.05) is 66.7 Å². The molecule has 0 spiro atoms. The van der Waals surface area contributed by atoms with Gasteiger partial charge in [-0.05, 0) is 35.2 Å². The molecule has 130 valence electrons. The number of thioether (sulfide) groups is 1. The van der Waals surface area contributed by atoms with Gasteiger partial charge < -0.3 is 4.74 Å². The largest absolute Gasteiger partial charge is 0.438 e. The normalized spacial score (nSPS) is 11.6. The van der Waals surface area contributed by atoms with Gasteiger partial charge in [0.2, 0.25) is 5.90 Å². The first-order chi connectivity index (χ1) is 12.9. The van der Waals surface area contributed by atoms with E-state index in [2.05, 4.69) is 28.7 Å². The molecule has 26 heavy (non-hydrogen) atoms. The predicted octanol–water partition coefficient (Wildman–Crippen LogP) is 6.62. The van der Waals surface area contributed by atoms with Crippen molar-refractivity contribution >= 4 is 29.6 Å². The first kappa shape index (κ1) is 18.4. The highest BCUT2D eigenvalue weighted by molar-refractivity contribution is 8.01. The molecule has 3 rings (SSSR count). The molecule has 3 aromatic carbocycles. The number of nitrogens with zero attached hydrogens (tertiary/aromatic N) is 1. The van der Waals surface area contributed by atoms with Gasteiger partial charge in [0.1, 0.15) is 5.75 Å². The molecular formula is C22H19NOS2. The van der Waals surface area contributed by atoms with Crippen LogP contribution in [0.2, 0.25) is 0 Å². The van der Waals surface area contributed by atoms with Crippen LogP contribution in [0.3, 0.4) is 0 Å². The fourth-order valence-electron chi connectivity index (χ4n) is 2.10. The van der Waals surface area contributed by atoms with E-state index >= 15 is 0 Å². The van der Waals surface area contributed by atoms with E-state index in [1.54, 1.807) is 11.8 Å². The van der Waals surface area contributed by atoms with Crippen LogP contribution in [-0.2, 0) is 5.75 Å². The molecule has 4 heteroatoms. The number of para-hydroxylation sites is 1. The highest BCUT2D eigenvalue weighted by Gasteiger charge is 2.00. The Hall–Kier alpha value is -2.43. The average Bonchev–Trinajstić information content (AvgIpc) is 2.71. The Labute approximate surface area is 163 Å². The SMILES string of the molecule is C(=C\C(=N\Sc1ccccc1)Oc1ccccc1)/SCc1ccccc1. The second kappa shape index (κ2) is 10.5. The standard InChI is InChI=1S/C22H19NOS2/c1-4-10-19(11-5-1)18-25-17-16-22(24-20-12-6-2-7-13-20)23-26-21-14-8-3-9-15-21/h1-17H,18H2/b17-16+,23-22-. The smallest absolute Gasteiger partial charge is 0.226 e. The third-order valence-corrected chi connectivity index (χ3v) is 4.93. The van der Waals surface area contributed by atoms with Gasteiger partial charge in [0.25, 0.3) is 0 Å². The molecule has 0 amide bonds. The minimum Gasteiger partial charge on any atom is -0.438 e. The Morgan fingerprint density at radius 3 is 2.12 bits per heavy atom. The van der Waals surface area contributed by atoms with Crippen LogP contribution in [0.1, 0.15) is 5.56 Å². The molecule has 0 radical (unpaired) electrons. The van der Waals surface area contributed by atoms with Crippen LogP contribution in [0.4, 0.5) is 0 Å². The number of hydrogen-bond donors (Lipinski definition) is 0. The molecule has 0 aromatic heterocycles. The van der Waals surface area contributed by atoms with Gasteiger partial charge in [-0.25, -0.2) is 0 Å². The molecule has 0 saturated carbocycles. The molecule has 0 aliphatic heterocycles. The minimum atomic E-state index is 0.575. The molecule has 0 atom stereocenters. The van der Waals surface area contributed by atoms with E-state index in [1.165, 1.54) is 17.5 Å². The Bertz CT molecular complexity index is 834. The van der Waals surface area contributed by atoms with Crippen molar-refractivity contribution in [1.29, 1.82) is 0 Å². The molecule has 0 aliphatic rings. The lowest BCUT2D eigenvalue weighted by Gasteiger charge is -2.05. The van der Waals surface area contributed by atoms with E-state index in [0.29, 0.717) is 5.90 Å². The lowest BCUT2D eigenvalue weighted by molar-refractivity contribution is 0.558. The fourth-order valence-corrected chi connectivity index (χ4v) is 3.36. The summed E-state index contributed by atoms with van der Waals surface area (Å²) in [6.07, 6.45) is 1.91. The van der Waals surface area contributed by atoms with E-state index in [9.17, 15) is 0 Å². The average molecular weight is 378 g/mol. The highest BCUT2D eigenvalue weighted by atomic mass is 32.2. The van der Waals surface area contributed by atoms with Crippen molar-refractivity contribution in [3.8, 4) is 5.75 Å². The van der Waals surface area contributed by atoms with Crippen molar-refractivity contribution in [2.45, 2.75) is 10.6 Å². The van der Waals surface area contributed by atoms with Crippen LogP contribution in [-0.4, -0.2) is 5.90 Å². The third-order valence-electron chi connectivity index (χ3n) is 3.35. The maximum Gasteiger partial charge on any atom is 0.226 e. The Balaban J connectivity index is 1.64. The van der Waals surface area contributed by atoms with Gasteiger partial charge in [0.05, 0.1) is 0 Å².